The fraction of sp³-hybridized carbons (Fsp3) is 0.500. The van der Waals surface area contributed by atoms with Gasteiger partial charge in [0.25, 0.3) is 0 Å². The Labute approximate surface area is 112 Å². The number of carbonyl (C=O) groups excluding carboxylic acids is 1. The molecule has 1 fully saturated rings. The number of halogens is 1. The quantitative estimate of drug-likeness (QED) is 0.854. The van der Waals surface area contributed by atoms with Gasteiger partial charge in [-0.1, -0.05) is 18.0 Å². The van der Waals surface area contributed by atoms with Crippen molar-refractivity contribution >= 4 is 17.4 Å². The Morgan fingerprint density at radius 3 is 2.61 bits per heavy atom. The second-order valence-electron chi connectivity index (χ2n) is 4.92. The molecule has 1 aliphatic rings. The lowest BCUT2D eigenvalue weighted by atomic mass is 9.65. The average Bonchev–Trinajstić information content (AvgIpc) is 2.30. The molecule has 0 bridgehead atoms. The summed E-state index contributed by atoms with van der Waals surface area (Å²) in [5.41, 5.74) is 0.846. The predicted molar refractivity (Wildman–Crippen MR) is 70.4 cm³/mol. The molecule has 0 unspecified atom stereocenters. The van der Waals surface area contributed by atoms with Crippen LogP contribution in [0, 0.1) is 12.3 Å². The van der Waals surface area contributed by atoms with E-state index in [0.717, 1.165) is 24.8 Å². The Bertz CT molecular complexity index is 473. The molecule has 1 saturated carbocycles. The van der Waals surface area contributed by atoms with Crippen LogP contribution in [0.4, 0.5) is 0 Å². The fourth-order valence-electron chi connectivity index (χ4n) is 2.40. The highest BCUT2D eigenvalue weighted by molar-refractivity contribution is 6.32. The maximum absolute atomic E-state index is 12.5. The SMILES string of the molecule is COc1cc(C)c(C(=O)C2(CO)CCC2)cc1Cl. The zero-order chi connectivity index (χ0) is 13.3. The van der Waals surface area contributed by atoms with E-state index in [1.54, 1.807) is 19.2 Å². The molecule has 4 heteroatoms. The topological polar surface area (TPSA) is 46.5 Å². The smallest absolute Gasteiger partial charge is 0.171 e. The normalized spacial score (nSPS) is 17.1. The van der Waals surface area contributed by atoms with Gasteiger partial charge < -0.3 is 9.84 Å². The van der Waals surface area contributed by atoms with Crippen molar-refractivity contribution in [3.05, 3.63) is 28.3 Å². The van der Waals surface area contributed by atoms with Crippen LogP contribution in [0.3, 0.4) is 0 Å². The van der Waals surface area contributed by atoms with E-state index in [2.05, 4.69) is 0 Å². The summed E-state index contributed by atoms with van der Waals surface area (Å²) in [6, 6.07) is 3.41. The summed E-state index contributed by atoms with van der Waals surface area (Å²) in [6.45, 7) is 1.77. The number of ketones is 1. The summed E-state index contributed by atoms with van der Waals surface area (Å²) >= 11 is 6.06. The van der Waals surface area contributed by atoms with Crippen molar-refractivity contribution in [1.29, 1.82) is 0 Å². The van der Waals surface area contributed by atoms with Crippen LogP contribution in [0.5, 0.6) is 5.75 Å². The number of aryl methyl sites for hydroxylation is 1. The van der Waals surface area contributed by atoms with Crippen molar-refractivity contribution in [1.82, 2.24) is 0 Å². The molecule has 1 aromatic carbocycles. The van der Waals surface area contributed by atoms with E-state index >= 15 is 0 Å². The van der Waals surface area contributed by atoms with Crippen LogP contribution < -0.4 is 4.74 Å². The molecule has 0 aliphatic heterocycles. The Morgan fingerprint density at radius 1 is 1.50 bits per heavy atom. The van der Waals surface area contributed by atoms with Crippen LogP contribution in [0.1, 0.15) is 35.2 Å². The number of hydrogen-bond acceptors (Lipinski definition) is 3. The minimum Gasteiger partial charge on any atom is -0.495 e. The molecule has 1 aliphatic carbocycles. The van der Waals surface area contributed by atoms with Gasteiger partial charge in [-0.3, -0.25) is 4.79 Å². The summed E-state index contributed by atoms with van der Waals surface area (Å²) in [7, 11) is 1.54. The number of rotatable bonds is 4. The van der Waals surface area contributed by atoms with Gasteiger partial charge in [-0.2, -0.15) is 0 Å². The van der Waals surface area contributed by atoms with E-state index in [9.17, 15) is 9.90 Å². The lowest BCUT2D eigenvalue weighted by Gasteiger charge is -2.39. The first-order valence-electron chi connectivity index (χ1n) is 6.04. The van der Waals surface area contributed by atoms with E-state index in [1.165, 1.54) is 0 Å². The van der Waals surface area contributed by atoms with Gasteiger partial charge in [-0.25, -0.2) is 0 Å². The van der Waals surface area contributed by atoms with Crippen LogP contribution in [0.15, 0.2) is 12.1 Å². The molecule has 0 aromatic heterocycles. The summed E-state index contributed by atoms with van der Waals surface area (Å²) in [5, 5.41) is 9.88. The number of carbonyl (C=O) groups is 1. The molecule has 2 rings (SSSR count). The Kier molecular flexibility index (Phi) is 3.64. The van der Waals surface area contributed by atoms with E-state index < -0.39 is 5.41 Å². The van der Waals surface area contributed by atoms with Gasteiger partial charge in [0.05, 0.1) is 24.2 Å². The number of aliphatic hydroxyl groups excluding tert-OH is 1. The molecule has 98 valence electrons. The van der Waals surface area contributed by atoms with Gasteiger partial charge in [0.2, 0.25) is 0 Å². The molecular weight excluding hydrogens is 252 g/mol. The third-order valence-electron chi connectivity index (χ3n) is 3.84. The third-order valence-corrected chi connectivity index (χ3v) is 4.13. The summed E-state index contributed by atoms with van der Waals surface area (Å²) in [5.74, 6) is 0.565. The number of ether oxygens (including phenoxy) is 1. The highest BCUT2D eigenvalue weighted by atomic mass is 35.5. The molecule has 3 nitrogen and oxygen atoms in total. The maximum atomic E-state index is 12.5. The lowest BCUT2D eigenvalue weighted by molar-refractivity contribution is 0.0347. The standard InChI is InChI=1S/C14H17ClO3/c1-9-6-12(18-2)11(15)7-10(9)13(17)14(8-16)4-3-5-14/h6-7,16H,3-5,8H2,1-2H3. The largest absolute Gasteiger partial charge is 0.495 e. The van der Waals surface area contributed by atoms with E-state index in [0.29, 0.717) is 16.3 Å². The van der Waals surface area contributed by atoms with Crippen molar-refractivity contribution in [2.24, 2.45) is 5.41 Å². The third kappa shape index (κ3) is 2.02. The van der Waals surface area contributed by atoms with Crippen LogP contribution >= 0.6 is 11.6 Å². The lowest BCUT2D eigenvalue weighted by Crippen LogP contribution is -2.41. The number of methoxy groups -OCH3 is 1. The molecular formula is C14H17ClO3. The molecule has 0 heterocycles. The Hall–Kier alpha value is -1.06. The number of aliphatic hydroxyl groups is 1. The first-order valence-corrected chi connectivity index (χ1v) is 6.42. The first-order chi connectivity index (χ1) is 8.54. The highest BCUT2D eigenvalue weighted by Gasteiger charge is 2.44. The van der Waals surface area contributed by atoms with Crippen molar-refractivity contribution < 1.29 is 14.6 Å². The highest BCUT2D eigenvalue weighted by Crippen LogP contribution is 2.44. The van der Waals surface area contributed by atoms with Crippen LogP contribution in [-0.4, -0.2) is 24.6 Å². The van der Waals surface area contributed by atoms with Crippen molar-refractivity contribution in [2.45, 2.75) is 26.2 Å². The fourth-order valence-corrected chi connectivity index (χ4v) is 2.64. The van der Waals surface area contributed by atoms with Gasteiger partial charge in [-0.15, -0.1) is 0 Å². The van der Waals surface area contributed by atoms with E-state index in [1.807, 2.05) is 6.92 Å². The van der Waals surface area contributed by atoms with Crippen LogP contribution in [0.25, 0.3) is 0 Å². The van der Waals surface area contributed by atoms with Gasteiger partial charge >= 0.3 is 0 Å². The average molecular weight is 269 g/mol. The second kappa shape index (κ2) is 4.90. The maximum Gasteiger partial charge on any atom is 0.171 e. The van der Waals surface area contributed by atoms with Gasteiger partial charge in [0.1, 0.15) is 5.75 Å². The predicted octanol–water partition coefficient (Wildman–Crippen LogP) is 3.00. The summed E-state index contributed by atoms with van der Waals surface area (Å²) < 4.78 is 5.12. The monoisotopic (exact) mass is 268 g/mol. The molecule has 1 N–H and O–H groups in total. The molecule has 0 saturated heterocycles. The number of hydrogen-bond donors (Lipinski definition) is 1. The van der Waals surface area contributed by atoms with E-state index in [4.69, 9.17) is 16.3 Å². The van der Waals surface area contributed by atoms with Gasteiger partial charge in [0.15, 0.2) is 5.78 Å². The van der Waals surface area contributed by atoms with E-state index in [-0.39, 0.29) is 12.4 Å². The molecule has 1 aromatic rings. The van der Waals surface area contributed by atoms with Crippen LogP contribution in [-0.2, 0) is 0 Å². The van der Waals surface area contributed by atoms with Crippen LogP contribution in [0.2, 0.25) is 5.02 Å². The molecule has 0 atom stereocenters. The minimum absolute atomic E-state index is 0.00157. The van der Waals surface area contributed by atoms with Crippen molar-refractivity contribution in [3.63, 3.8) is 0 Å². The van der Waals surface area contributed by atoms with Crippen molar-refractivity contribution in [3.8, 4) is 5.75 Å². The first kappa shape index (κ1) is 13.4. The molecule has 0 amide bonds. The van der Waals surface area contributed by atoms with Crippen molar-refractivity contribution in [2.75, 3.05) is 13.7 Å². The summed E-state index contributed by atoms with van der Waals surface area (Å²) in [4.78, 5) is 12.5. The molecule has 0 radical (unpaired) electrons. The minimum atomic E-state index is -0.581. The zero-order valence-corrected chi connectivity index (χ0v) is 11.4. The zero-order valence-electron chi connectivity index (χ0n) is 10.6. The molecule has 18 heavy (non-hydrogen) atoms. The number of Topliss-reactive ketones (excluding diaryl/α,β-unsaturated/α-hetero) is 1. The summed E-state index contributed by atoms with van der Waals surface area (Å²) in [6.07, 6.45) is 2.51. The Balaban J connectivity index is 2.39. The van der Waals surface area contributed by atoms with Gasteiger partial charge in [0, 0.05) is 5.56 Å². The van der Waals surface area contributed by atoms with Gasteiger partial charge in [-0.05, 0) is 37.5 Å². The number of benzene rings is 1. The second-order valence-corrected chi connectivity index (χ2v) is 5.33. The Morgan fingerprint density at radius 2 is 2.17 bits per heavy atom. The molecule has 0 spiro atoms.